The largest absolute Gasteiger partial charge is 0.490 e. The zero-order valence-corrected chi connectivity index (χ0v) is 9.21. The van der Waals surface area contributed by atoms with E-state index >= 15 is 0 Å². The van der Waals surface area contributed by atoms with Gasteiger partial charge in [0.05, 0.1) is 30.6 Å². The fourth-order valence-electron chi connectivity index (χ4n) is 1.06. The van der Waals surface area contributed by atoms with Crippen LogP contribution in [-0.2, 0) is 11.2 Å². The number of rotatable bonds is 4. The van der Waals surface area contributed by atoms with E-state index in [1.165, 1.54) is 6.20 Å². The summed E-state index contributed by atoms with van der Waals surface area (Å²) < 4.78 is 5.19. The Bertz CT molecular complexity index is 344. The van der Waals surface area contributed by atoms with Crippen molar-refractivity contribution in [2.45, 2.75) is 13.3 Å². The molecule has 84 valence electrons. The zero-order valence-electron chi connectivity index (χ0n) is 8.40. The molecule has 0 spiro atoms. The fourth-order valence-corrected chi connectivity index (χ4v) is 1.06. The first-order chi connectivity index (χ1) is 6.63. The van der Waals surface area contributed by atoms with Crippen molar-refractivity contribution in [1.29, 1.82) is 0 Å². The van der Waals surface area contributed by atoms with E-state index in [4.69, 9.17) is 16.2 Å². The van der Waals surface area contributed by atoms with Crippen LogP contribution in [0.4, 0.5) is 5.69 Å². The van der Waals surface area contributed by atoms with Crippen molar-refractivity contribution in [3.63, 3.8) is 0 Å². The minimum atomic E-state index is -0.430. The summed E-state index contributed by atoms with van der Waals surface area (Å²) in [5.74, 6) is 0.0989. The maximum atomic E-state index is 10.6. The third kappa shape index (κ3) is 4.03. The lowest BCUT2D eigenvalue weighted by molar-refractivity contribution is -0.117. The topological polar surface area (TPSA) is 91.2 Å². The van der Waals surface area contributed by atoms with Crippen molar-refractivity contribution >= 4 is 24.0 Å². The van der Waals surface area contributed by atoms with Gasteiger partial charge in [-0.15, -0.1) is 12.4 Å². The third-order valence-electron chi connectivity index (χ3n) is 1.61. The molecule has 1 aromatic rings. The first-order valence-electron chi connectivity index (χ1n) is 4.29. The van der Waals surface area contributed by atoms with Crippen molar-refractivity contribution in [2.75, 3.05) is 12.3 Å². The second-order valence-electron chi connectivity index (χ2n) is 2.79. The molecule has 0 aromatic carbocycles. The summed E-state index contributed by atoms with van der Waals surface area (Å²) in [5.41, 5.74) is 11.7. The zero-order chi connectivity index (χ0) is 10.6. The van der Waals surface area contributed by atoms with Gasteiger partial charge in [0.1, 0.15) is 0 Å². The van der Waals surface area contributed by atoms with Crippen LogP contribution in [0.2, 0.25) is 0 Å². The van der Waals surface area contributed by atoms with Gasteiger partial charge in [0.15, 0.2) is 5.75 Å². The Hall–Kier alpha value is -1.49. The number of nitrogens with zero attached hydrogens (tertiary/aromatic N) is 1. The van der Waals surface area contributed by atoms with E-state index in [-0.39, 0.29) is 18.8 Å². The monoisotopic (exact) mass is 231 g/mol. The lowest BCUT2D eigenvalue weighted by atomic mass is 10.2. The minimum Gasteiger partial charge on any atom is -0.490 e. The molecule has 0 aliphatic heterocycles. The quantitative estimate of drug-likeness (QED) is 0.790. The molecule has 0 aliphatic rings. The number of nitrogens with two attached hydrogens (primary N) is 2. The van der Waals surface area contributed by atoms with Gasteiger partial charge < -0.3 is 16.2 Å². The number of pyridine rings is 1. The van der Waals surface area contributed by atoms with Crippen LogP contribution in [0, 0.1) is 0 Å². The van der Waals surface area contributed by atoms with Gasteiger partial charge in [-0.05, 0) is 13.0 Å². The highest BCUT2D eigenvalue weighted by Gasteiger charge is 2.04. The molecule has 0 radical (unpaired) electrons. The number of hydrogen-bond acceptors (Lipinski definition) is 4. The maximum Gasteiger partial charge on any atom is 0.223 e. The van der Waals surface area contributed by atoms with E-state index < -0.39 is 5.91 Å². The number of anilines is 1. The van der Waals surface area contributed by atoms with Gasteiger partial charge in [-0.2, -0.15) is 0 Å². The van der Waals surface area contributed by atoms with Crippen LogP contribution in [0.25, 0.3) is 0 Å². The molecule has 0 saturated heterocycles. The molecule has 0 aliphatic carbocycles. The van der Waals surface area contributed by atoms with E-state index in [1.807, 2.05) is 6.92 Å². The van der Waals surface area contributed by atoms with Gasteiger partial charge >= 0.3 is 0 Å². The van der Waals surface area contributed by atoms with Crippen LogP contribution >= 0.6 is 12.4 Å². The van der Waals surface area contributed by atoms with Crippen molar-refractivity contribution in [1.82, 2.24) is 4.98 Å². The number of carbonyl (C=O) groups is 1. The Kier molecular flexibility index (Phi) is 5.48. The molecule has 1 amide bonds. The summed E-state index contributed by atoms with van der Waals surface area (Å²) in [6, 6.07) is 1.59. The van der Waals surface area contributed by atoms with E-state index in [0.717, 1.165) is 0 Å². The van der Waals surface area contributed by atoms with Crippen LogP contribution in [-0.4, -0.2) is 17.5 Å². The van der Waals surface area contributed by atoms with Crippen LogP contribution in [0.15, 0.2) is 12.3 Å². The predicted molar refractivity (Wildman–Crippen MR) is 60.0 cm³/mol. The fraction of sp³-hybridized carbons (Fsp3) is 0.333. The Morgan fingerprint density at radius 1 is 1.60 bits per heavy atom. The number of nitrogen functional groups attached to an aromatic ring is 1. The van der Waals surface area contributed by atoms with Crippen LogP contribution in [0.3, 0.4) is 0 Å². The number of aromatic nitrogens is 1. The summed E-state index contributed by atoms with van der Waals surface area (Å²) >= 11 is 0. The molecule has 0 unspecified atom stereocenters. The Morgan fingerprint density at radius 2 is 2.27 bits per heavy atom. The summed E-state index contributed by atoms with van der Waals surface area (Å²) in [6.45, 7) is 2.39. The molecule has 0 atom stereocenters. The van der Waals surface area contributed by atoms with Crippen molar-refractivity contribution in [2.24, 2.45) is 5.73 Å². The minimum absolute atomic E-state index is 0. The Labute approximate surface area is 94.2 Å². The molecule has 1 heterocycles. The number of halogens is 1. The second-order valence-corrected chi connectivity index (χ2v) is 2.79. The highest BCUT2D eigenvalue weighted by molar-refractivity contribution is 5.85. The molecule has 0 fully saturated rings. The maximum absolute atomic E-state index is 10.6. The molecule has 0 bridgehead atoms. The van der Waals surface area contributed by atoms with Gasteiger partial charge in [0, 0.05) is 0 Å². The molecule has 5 nitrogen and oxygen atoms in total. The lowest BCUT2D eigenvalue weighted by Crippen LogP contribution is -2.14. The van der Waals surface area contributed by atoms with Gasteiger partial charge in [0.25, 0.3) is 0 Å². The van der Waals surface area contributed by atoms with E-state index in [1.54, 1.807) is 6.07 Å². The lowest BCUT2D eigenvalue weighted by Gasteiger charge is -2.06. The molecule has 1 rings (SSSR count). The van der Waals surface area contributed by atoms with Crippen molar-refractivity contribution < 1.29 is 9.53 Å². The number of primary amides is 1. The molecular weight excluding hydrogens is 218 g/mol. The number of amides is 1. The number of hydrogen-bond donors (Lipinski definition) is 2. The number of carbonyl (C=O) groups excluding carboxylic acids is 1. The Balaban J connectivity index is 0.00000196. The average molecular weight is 232 g/mol. The van der Waals surface area contributed by atoms with Crippen LogP contribution in [0.1, 0.15) is 12.6 Å². The first-order valence-corrected chi connectivity index (χ1v) is 4.29. The summed E-state index contributed by atoms with van der Waals surface area (Å²) in [6.07, 6.45) is 1.59. The van der Waals surface area contributed by atoms with Gasteiger partial charge in [0.2, 0.25) is 5.91 Å². The van der Waals surface area contributed by atoms with Gasteiger partial charge in [-0.1, -0.05) is 0 Å². The van der Waals surface area contributed by atoms with Crippen molar-refractivity contribution in [3.05, 3.63) is 18.0 Å². The van der Waals surface area contributed by atoms with Gasteiger partial charge in [-0.3, -0.25) is 9.78 Å². The second kappa shape index (κ2) is 6.08. The normalized spacial score (nSPS) is 9.13. The van der Waals surface area contributed by atoms with Crippen LogP contribution < -0.4 is 16.2 Å². The molecule has 1 aromatic heterocycles. The third-order valence-corrected chi connectivity index (χ3v) is 1.61. The van der Waals surface area contributed by atoms with E-state index in [9.17, 15) is 4.79 Å². The summed E-state index contributed by atoms with van der Waals surface area (Å²) in [5, 5.41) is 0. The number of ether oxygens (including phenoxy) is 1. The molecule has 4 N–H and O–H groups in total. The first kappa shape index (κ1) is 13.5. The highest BCUT2D eigenvalue weighted by Crippen LogP contribution is 2.20. The van der Waals surface area contributed by atoms with Crippen LogP contribution in [0.5, 0.6) is 5.75 Å². The van der Waals surface area contributed by atoms with Crippen molar-refractivity contribution in [3.8, 4) is 5.75 Å². The molecule has 6 heteroatoms. The van der Waals surface area contributed by atoms with Gasteiger partial charge in [-0.25, -0.2) is 0 Å². The Morgan fingerprint density at radius 3 is 2.73 bits per heavy atom. The van der Waals surface area contributed by atoms with E-state index in [2.05, 4.69) is 4.98 Å². The molecule has 15 heavy (non-hydrogen) atoms. The average Bonchev–Trinajstić information content (AvgIpc) is 2.09. The molecule has 0 saturated carbocycles. The summed E-state index contributed by atoms with van der Waals surface area (Å²) in [7, 11) is 0. The van der Waals surface area contributed by atoms with E-state index in [0.29, 0.717) is 23.7 Å². The standard InChI is InChI=1S/C9H13N3O2.ClH/c1-2-14-8-5-12-6(3-7(8)10)4-9(11)13;/h3,5H,2,4H2,1H3,(H2,10,12)(H2,11,13);1H. The summed E-state index contributed by atoms with van der Waals surface area (Å²) in [4.78, 5) is 14.6. The SMILES string of the molecule is CCOc1cnc(CC(N)=O)cc1N.Cl. The molecular formula is C9H14ClN3O2. The highest BCUT2D eigenvalue weighted by atomic mass is 35.5. The predicted octanol–water partition coefficient (Wildman–Crippen LogP) is 0.512. The smallest absolute Gasteiger partial charge is 0.223 e.